The Bertz CT molecular complexity index is 1500. The summed E-state index contributed by atoms with van der Waals surface area (Å²) in [6, 6.07) is 21.6. The summed E-state index contributed by atoms with van der Waals surface area (Å²) in [6.45, 7) is 5.19. The number of benzene rings is 3. The number of primary amides is 1. The number of carbonyl (C=O) groups excluding carboxylic acids is 5. The second-order valence-electron chi connectivity index (χ2n) is 11.2. The van der Waals surface area contributed by atoms with Crippen LogP contribution in [0.1, 0.15) is 49.8 Å². The Balaban J connectivity index is 1.35. The van der Waals surface area contributed by atoms with E-state index in [1.807, 2.05) is 36.4 Å². The van der Waals surface area contributed by atoms with Crippen LogP contribution in [0, 0.1) is 0 Å². The molecule has 0 spiro atoms. The Hall–Kier alpha value is -5.39. The fourth-order valence-electron chi connectivity index (χ4n) is 4.79. The van der Waals surface area contributed by atoms with Crippen LogP contribution >= 0.6 is 0 Å². The van der Waals surface area contributed by atoms with E-state index in [1.54, 1.807) is 45.0 Å². The van der Waals surface area contributed by atoms with E-state index in [9.17, 15) is 24.0 Å². The zero-order chi connectivity index (χ0) is 31.9. The average Bonchev–Trinajstić information content (AvgIpc) is 3.27. The van der Waals surface area contributed by atoms with Crippen molar-refractivity contribution in [3.63, 3.8) is 0 Å². The van der Waals surface area contributed by atoms with E-state index < -0.39 is 48.0 Å². The normalized spacial score (nSPS) is 12.6. The Kier molecular flexibility index (Phi) is 9.84. The number of nitrogens with one attached hydrogen (secondary N) is 4. The van der Waals surface area contributed by atoms with E-state index in [4.69, 9.17) is 15.2 Å². The Morgan fingerprint density at radius 3 is 1.98 bits per heavy atom. The maximum absolute atomic E-state index is 12.8. The van der Waals surface area contributed by atoms with Gasteiger partial charge in [-0.3, -0.25) is 30.6 Å². The molecule has 1 atom stereocenters. The molecule has 0 aromatic heterocycles. The zero-order valence-corrected chi connectivity index (χ0v) is 24.6. The molecule has 0 fully saturated rings. The fourth-order valence-corrected chi connectivity index (χ4v) is 4.79. The van der Waals surface area contributed by atoms with Gasteiger partial charge in [0.15, 0.2) is 0 Å². The van der Waals surface area contributed by atoms with Crippen LogP contribution in [0.15, 0.2) is 72.8 Å². The van der Waals surface area contributed by atoms with Crippen molar-refractivity contribution in [3.8, 4) is 11.1 Å². The van der Waals surface area contributed by atoms with Crippen LogP contribution in [0.3, 0.4) is 0 Å². The topological polar surface area (TPSA) is 178 Å². The average molecular weight is 602 g/mol. The van der Waals surface area contributed by atoms with Crippen LogP contribution < -0.4 is 27.2 Å². The van der Waals surface area contributed by atoms with Gasteiger partial charge in [-0.05, 0) is 60.7 Å². The number of nitrogens with two attached hydrogens (primary N) is 1. The first kappa shape index (κ1) is 31.5. The van der Waals surface area contributed by atoms with Gasteiger partial charge in [-0.2, -0.15) is 0 Å². The Morgan fingerprint density at radius 2 is 1.41 bits per heavy atom. The highest BCUT2D eigenvalue weighted by atomic mass is 16.6. The highest BCUT2D eigenvalue weighted by Gasteiger charge is 2.29. The number of anilines is 1. The van der Waals surface area contributed by atoms with Gasteiger partial charge in [-0.15, -0.1) is 0 Å². The Labute approximate surface area is 254 Å². The van der Waals surface area contributed by atoms with Crippen molar-refractivity contribution >= 4 is 35.6 Å². The number of hydrogen-bond donors (Lipinski definition) is 5. The van der Waals surface area contributed by atoms with Gasteiger partial charge < -0.3 is 20.5 Å². The van der Waals surface area contributed by atoms with E-state index in [-0.39, 0.29) is 18.9 Å². The number of ether oxygens (including phenoxy) is 2. The lowest BCUT2D eigenvalue weighted by Crippen LogP contribution is -2.54. The predicted octanol–water partition coefficient (Wildman–Crippen LogP) is 3.51. The molecule has 12 heteroatoms. The number of rotatable bonds is 9. The molecule has 6 N–H and O–H groups in total. The molecule has 3 aromatic rings. The summed E-state index contributed by atoms with van der Waals surface area (Å²) >= 11 is 0. The molecule has 0 saturated carbocycles. The minimum atomic E-state index is -1.15. The minimum absolute atomic E-state index is 0.0159. The molecule has 0 heterocycles. The minimum Gasteiger partial charge on any atom is -0.448 e. The van der Waals surface area contributed by atoms with Crippen molar-refractivity contribution < 1.29 is 33.4 Å². The number of amides is 5. The summed E-state index contributed by atoms with van der Waals surface area (Å²) in [6.07, 6.45) is -2.06. The summed E-state index contributed by atoms with van der Waals surface area (Å²) in [7, 11) is 0. The Morgan fingerprint density at radius 1 is 0.818 bits per heavy atom. The molecule has 5 amide bonds. The highest BCUT2D eigenvalue weighted by molar-refractivity contribution is 5.97. The lowest BCUT2D eigenvalue weighted by Gasteiger charge is -2.23. The number of carbonyl (C=O) groups is 5. The largest absolute Gasteiger partial charge is 0.448 e. The first-order valence-corrected chi connectivity index (χ1v) is 14.0. The van der Waals surface area contributed by atoms with Gasteiger partial charge in [0.2, 0.25) is 11.8 Å². The molecule has 1 aliphatic carbocycles. The van der Waals surface area contributed by atoms with Gasteiger partial charge in [-0.1, -0.05) is 60.7 Å². The number of hydrazine groups is 1. The molecule has 0 aliphatic heterocycles. The maximum Gasteiger partial charge on any atom is 0.411 e. The molecule has 4 rings (SSSR count). The van der Waals surface area contributed by atoms with Crippen LogP contribution in [0.4, 0.5) is 15.3 Å². The second-order valence-corrected chi connectivity index (χ2v) is 11.2. The molecule has 1 aliphatic rings. The van der Waals surface area contributed by atoms with E-state index >= 15 is 0 Å². The van der Waals surface area contributed by atoms with E-state index in [1.165, 1.54) is 0 Å². The SMILES string of the molecule is CC(C)(C)OC(=O)N[C@@H](Cc1ccc(NC(=O)OCC2c3ccccc3-c3ccccc32)cc1)C(=O)NNC(=O)CC(N)=O. The standard InChI is InChI=1S/C32H35N5O7/c1-32(2,3)44-31(42)35-26(29(40)37-36-28(39)17-27(33)38)16-19-12-14-20(15-13-19)34-30(41)43-18-25-23-10-6-4-8-21(23)22-9-5-7-11-24(22)25/h4-15,25-26H,16-18H2,1-3H3,(H2,33,38)(H,34,41)(H,35,42)(H,36,39)(H,37,40)/t26-/m0/s1. The van der Waals surface area contributed by atoms with Gasteiger partial charge in [0.05, 0.1) is 0 Å². The van der Waals surface area contributed by atoms with Gasteiger partial charge in [-0.25, -0.2) is 9.59 Å². The van der Waals surface area contributed by atoms with Gasteiger partial charge in [0.1, 0.15) is 24.7 Å². The second kappa shape index (κ2) is 13.7. The van der Waals surface area contributed by atoms with Crippen LogP contribution in [0.2, 0.25) is 0 Å². The summed E-state index contributed by atoms with van der Waals surface area (Å²) in [5.41, 5.74) is 14.0. The van der Waals surface area contributed by atoms with Crippen molar-refractivity contribution in [2.45, 2.75) is 51.2 Å². The molecule has 12 nitrogen and oxygen atoms in total. The molecular formula is C32H35N5O7. The van der Waals surface area contributed by atoms with Gasteiger partial charge >= 0.3 is 12.2 Å². The van der Waals surface area contributed by atoms with Gasteiger partial charge in [0.25, 0.3) is 5.91 Å². The third kappa shape index (κ3) is 8.57. The van der Waals surface area contributed by atoms with Crippen molar-refractivity contribution in [1.82, 2.24) is 16.2 Å². The van der Waals surface area contributed by atoms with Crippen molar-refractivity contribution in [1.29, 1.82) is 0 Å². The number of alkyl carbamates (subject to hydrolysis) is 1. The van der Waals surface area contributed by atoms with Crippen LogP contribution in [0.5, 0.6) is 0 Å². The van der Waals surface area contributed by atoms with Crippen molar-refractivity contribution in [2.75, 3.05) is 11.9 Å². The molecule has 3 aromatic carbocycles. The lowest BCUT2D eigenvalue weighted by molar-refractivity contribution is -0.132. The third-order valence-electron chi connectivity index (χ3n) is 6.65. The summed E-state index contributed by atoms with van der Waals surface area (Å²) in [4.78, 5) is 60.5. The van der Waals surface area contributed by atoms with Crippen LogP contribution in [0.25, 0.3) is 11.1 Å². The number of fused-ring (bicyclic) bond motifs is 3. The first-order valence-electron chi connectivity index (χ1n) is 14.0. The first-order chi connectivity index (χ1) is 20.9. The monoisotopic (exact) mass is 601 g/mol. The van der Waals surface area contributed by atoms with Crippen LogP contribution in [-0.4, -0.2) is 48.2 Å². The van der Waals surface area contributed by atoms with Crippen molar-refractivity contribution in [3.05, 3.63) is 89.5 Å². The molecule has 0 bridgehead atoms. The summed E-state index contributed by atoms with van der Waals surface area (Å²) in [5.74, 6) is -2.51. The quantitative estimate of drug-likeness (QED) is 0.184. The predicted molar refractivity (Wildman–Crippen MR) is 162 cm³/mol. The zero-order valence-electron chi connectivity index (χ0n) is 24.6. The summed E-state index contributed by atoms with van der Waals surface area (Å²) in [5, 5.41) is 5.19. The molecule has 44 heavy (non-hydrogen) atoms. The molecular weight excluding hydrogens is 566 g/mol. The van der Waals surface area contributed by atoms with E-state index in [2.05, 4.69) is 33.6 Å². The van der Waals surface area contributed by atoms with E-state index in [0.717, 1.165) is 22.3 Å². The maximum atomic E-state index is 12.8. The lowest BCUT2D eigenvalue weighted by atomic mass is 9.98. The number of hydrogen-bond acceptors (Lipinski definition) is 7. The van der Waals surface area contributed by atoms with Crippen LogP contribution in [-0.2, 0) is 30.3 Å². The smallest absolute Gasteiger partial charge is 0.411 e. The molecule has 0 radical (unpaired) electrons. The molecule has 230 valence electrons. The van der Waals surface area contributed by atoms with Crippen molar-refractivity contribution in [2.24, 2.45) is 5.73 Å². The summed E-state index contributed by atoms with van der Waals surface area (Å²) < 4.78 is 10.9. The third-order valence-corrected chi connectivity index (χ3v) is 6.65. The van der Waals surface area contributed by atoms with E-state index in [0.29, 0.717) is 11.3 Å². The fraction of sp³-hybridized carbons (Fsp3) is 0.281. The molecule has 0 unspecified atom stereocenters. The molecule has 0 saturated heterocycles. The highest BCUT2D eigenvalue weighted by Crippen LogP contribution is 2.44. The van der Waals surface area contributed by atoms with Gasteiger partial charge in [0, 0.05) is 18.0 Å².